The maximum atomic E-state index is 12.4. The first kappa shape index (κ1) is 15.6. The van der Waals surface area contributed by atoms with Gasteiger partial charge in [-0.2, -0.15) is 0 Å². The number of rotatable bonds is 1. The minimum atomic E-state index is 0.0795. The second-order valence-electron chi connectivity index (χ2n) is 8.12. The summed E-state index contributed by atoms with van der Waals surface area (Å²) in [6, 6.07) is 0.406. The molecule has 2 heterocycles. The Morgan fingerprint density at radius 3 is 2.10 bits per heavy atom. The first-order valence-corrected chi connectivity index (χ1v) is 8.02. The third-order valence-electron chi connectivity index (χ3n) is 4.59. The molecule has 0 aliphatic carbocycles. The van der Waals surface area contributed by atoms with Crippen molar-refractivity contribution in [1.29, 1.82) is 0 Å². The van der Waals surface area contributed by atoms with Crippen LogP contribution in [0, 0.1) is 5.92 Å². The van der Waals surface area contributed by atoms with Crippen LogP contribution in [-0.4, -0.2) is 41.1 Å². The second-order valence-corrected chi connectivity index (χ2v) is 8.12. The lowest BCUT2D eigenvalue weighted by molar-refractivity contribution is 0.132. The van der Waals surface area contributed by atoms with E-state index in [0.717, 1.165) is 44.7 Å². The Morgan fingerprint density at radius 2 is 1.60 bits per heavy atom. The van der Waals surface area contributed by atoms with Gasteiger partial charge in [-0.15, -0.1) is 0 Å². The number of nitrogens with zero attached hydrogens (tertiary/aromatic N) is 1. The van der Waals surface area contributed by atoms with Gasteiger partial charge >= 0.3 is 6.03 Å². The quantitative estimate of drug-likeness (QED) is 0.776. The maximum absolute atomic E-state index is 12.4. The molecule has 0 aromatic rings. The van der Waals surface area contributed by atoms with Crippen molar-refractivity contribution in [3.63, 3.8) is 0 Å². The molecular formula is C16H31N3O. The number of hydrogen-bond acceptors (Lipinski definition) is 2. The number of likely N-dealkylation sites (tertiary alicyclic amines) is 1. The van der Waals surface area contributed by atoms with Crippen molar-refractivity contribution in [3.05, 3.63) is 0 Å². The second kappa shape index (κ2) is 5.55. The van der Waals surface area contributed by atoms with E-state index in [1.807, 2.05) is 4.90 Å². The summed E-state index contributed by atoms with van der Waals surface area (Å²) in [5, 5.41) is 6.92. The summed E-state index contributed by atoms with van der Waals surface area (Å²) in [6.07, 6.45) is 4.26. The van der Waals surface area contributed by atoms with Crippen molar-refractivity contribution < 1.29 is 4.79 Å². The van der Waals surface area contributed by atoms with Gasteiger partial charge in [0.2, 0.25) is 0 Å². The molecule has 20 heavy (non-hydrogen) atoms. The normalized spacial score (nSPS) is 27.4. The molecule has 0 aromatic carbocycles. The largest absolute Gasteiger partial charge is 0.335 e. The summed E-state index contributed by atoms with van der Waals surface area (Å²) in [4.78, 5) is 14.4. The highest BCUT2D eigenvalue weighted by Crippen LogP contribution is 2.28. The number of urea groups is 1. The molecule has 4 nitrogen and oxygen atoms in total. The Hall–Kier alpha value is -0.770. The van der Waals surface area contributed by atoms with Crippen LogP contribution in [0.2, 0.25) is 0 Å². The number of piperidine rings is 2. The highest BCUT2D eigenvalue weighted by molar-refractivity contribution is 5.74. The van der Waals surface area contributed by atoms with Gasteiger partial charge in [-0.25, -0.2) is 4.79 Å². The molecule has 2 rings (SSSR count). The van der Waals surface area contributed by atoms with Gasteiger partial charge in [-0.1, -0.05) is 6.92 Å². The number of carbonyl (C=O) groups is 1. The van der Waals surface area contributed by atoms with Gasteiger partial charge in [-0.05, 0) is 59.3 Å². The topological polar surface area (TPSA) is 44.4 Å². The van der Waals surface area contributed by atoms with Crippen LogP contribution in [0.15, 0.2) is 0 Å². The molecule has 4 heteroatoms. The molecule has 2 fully saturated rings. The summed E-state index contributed by atoms with van der Waals surface area (Å²) in [5.41, 5.74) is 0.159. The van der Waals surface area contributed by atoms with Crippen molar-refractivity contribution >= 4 is 6.03 Å². The molecule has 116 valence electrons. The molecule has 2 N–H and O–H groups in total. The van der Waals surface area contributed by atoms with Gasteiger partial charge in [0.15, 0.2) is 0 Å². The van der Waals surface area contributed by atoms with Crippen LogP contribution in [0.4, 0.5) is 4.79 Å². The van der Waals surface area contributed by atoms with Crippen LogP contribution < -0.4 is 10.6 Å². The first-order chi connectivity index (χ1) is 9.17. The third kappa shape index (κ3) is 4.11. The summed E-state index contributed by atoms with van der Waals surface area (Å²) in [7, 11) is 0. The molecule has 0 aromatic heterocycles. The number of hydrogen-bond donors (Lipinski definition) is 2. The molecule has 2 aliphatic heterocycles. The predicted molar refractivity (Wildman–Crippen MR) is 82.8 cm³/mol. The molecule has 0 spiro atoms. The van der Waals surface area contributed by atoms with Crippen LogP contribution in [0.1, 0.15) is 60.3 Å². The van der Waals surface area contributed by atoms with E-state index in [2.05, 4.69) is 45.3 Å². The Labute approximate surface area is 123 Å². The molecule has 0 saturated carbocycles. The van der Waals surface area contributed by atoms with Crippen molar-refractivity contribution in [2.45, 2.75) is 77.4 Å². The number of nitrogens with one attached hydrogen (secondary N) is 2. The smallest absolute Gasteiger partial charge is 0.317 e. The summed E-state index contributed by atoms with van der Waals surface area (Å²) >= 11 is 0. The number of amides is 2. The van der Waals surface area contributed by atoms with E-state index < -0.39 is 0 Å². The van der Waals surface area contributed by atoms with Gasteiger partial charge in [-0.3, -0.25) is 0 Å². The molecule has 0 unspecified atom stereocenters. The zero-order valence-corrected chi connectivity index (χ0v) is 13.8. The molecule has 2 saturated heterocycles. The lowest BCUT2D eigenvalue weighted by Crippen LogP contribution is -2.63. The van der Waals surface area contributed by atoms with E-state index in [-0.39, 0.29) is 23.2 Å². The number of carbonyl (C=O) groups excluding carboxylic acids is 1. The van der Waals surface area contributed by atoms with Gasteiger partial charge in [0.05, 0.1) is 0 Å². The van der Waals surface area contributed by atoms with Crippen molar-refractivity contribution in [2.24, 2.45) is 5.92 Å². The molecular weight excluding hydrogens is 250 g/mol. The molecule has 0 atom stereocenters. The highest BCUT2D eigenvalue weighted by Gasteiger charge is 2.38. The van der Waals surface area contributed by atoms with E-state index >= 15 is 0 Å². The molecule has 2 amide bonds. The molecule has 0 bridgehead atoms. The van der Waals surface area contributed by atoms with Crippen LogP contribution in [-0.2, 0) is 0 Å². The summed E-state index contributed by atoms with van der Waals surface area (Å²) in [5.74, 6) is 0.760. The van der Waals surface area contributed by atoms with Gasteiger partial charge < -0.3 is 15.5 Å². The fourth-order valence-electron chi connectivity index (χ4n) is 3.90. The van der Waals surface area contributed by atoms with E-state index in [1.165, 1.54) is 0 Å². The standard InChI is InChI=1S/C16H31N3O/c1-12-6-8-19(9-7-12)14(20)17-13-10-15(2,3)18-16(4,5)11-13/h12-13,18H,6-11H2,1-5H3,(H,17,20). The lowest BCUT2D eigenvalue weighted by Gasteiger charge is -2.47. The van der Waals surface area contributed by atoms with Crippen molar-refractivity contribution in [2.75, 3.05) is 13.1 Å². The van der Waals surface area contributed by atoms with Crippen LogP contribution in [0.5, 0.6) is 0 Å². The van der Waals surface area contributed by atoms with Crippen molar-refractivity contribution in [3.8, 4) is 0 Å². The predicted octanol–water partition coefficient (Wildman–Crippen LogP) is 2.74. The Kier molecular flexibility index (Phi) is 4.33. The molecule has 0 radical (unpaired) electrons. The van der Waals surface area contributed by atoms with Crippen LogP contribution in [0.3, 0.4) is 0 Å². The summed E-state index contributed by atoms with van der Waals surface area (Å²) < 4.78 is 0. The minimum Gasteiger partial charge on any atom is -0.335 e. The summed E-state index contributed by atoms with van der Waals surface area (Å²) in [6.45, 7) is 13.0. The molecule has 2 aliphatic rings. The maximum Gasteiger partial charge on any atom is 0.317 e. The third-order valence-corrected chi connectivity index (χ3v) is 4.59. The zero-order chi connectivity index (χ0) is 15.0. The van der Waals surface area contributed by atoms with E-state index in [0.29, 0.717) is 0 Å². The van der Waals surface area contributed by atoms with E-state index in [1.54, 1.807) is 0 Å². The monoisotopic (exact) mass is 281 g/mol. The first-order valence-electron chi connectivity index (χ1n) is 8.02. The van der Waals surface area contributed by atoms with Gasteiger partial charge in [0, 0.05) is 30.2 Å². The highest BCUT2D eigenvalue weighted by atomic mass is 16.2. The van der Waals surface area contributed by atoms with Crippen LogP contribution >= 0.6 is 0 Å². The Bertz CT molecular complexity index is 341. The SMILES string of the molecule is CC1CCN(C(=O)NC2CC(C)(C)NC(C)(C)C2)CC1. The minimum absolute atomic E-state index is 0.0795. The zero-order valence-electron chi connectivity index (χ0n) is 13.8. The van der Waals surface area contributed by atoms with E-state index in [9.17, 15) is 4.79 Å². The fourth-order valence-corrected chi connectivity index (χ4v) is 3.90. The van der Waals surface area contributed by atoms with Gasteiger partial charge in [0.1, 0.15) is 0 Å². The van der Waals surface area contributed by atoms with E-state index in [4.69, 9.17) is 0 Å². The lowest BCUT2D eigenvalue weighted by atomic mass is 9.79. The fraction of sp³-hybridized carbons (Fsp3) is 0.938. The average molecular weight is 281 g/mol. The van der Waals surface area contributed by atoms with Gasteiger partial charge in [0.25, 0.3) is 0 Å². The Balaban J connectivity index is 1.90. The van der Waals surface area contributed by atoms with Crippen LogP contribution in [0.25, 0.3) is 0 Å². The van der Waals surface area contributed by atoms with Crippen molar-refractivity contribution in [1.82, 2.24) is 15.5 Å². The Morgan fingerprint density at radius 1 is 1.10 bits per heavy atom. The average Bonchev–Trinajstić information content (AvgIpc) is 2.25.